The van der Waals surface area contributed by atoms with Crippen LogP contribution in [-0.2, 0) is 10.0 Å². The highest BCUT2D eigenvalue weighted by Crippen LogP contribution is 2.30. The molecule has 170 valence electrons. The van der Waals surface area contributed by atoms with Crippen LogP contribution in [0.25, 0.3) is 33.5 Å². The summed E-state index contributed by atoms with van der Waals surface area (Å²) in [6.07, 6.45) is 1.10. The van der Waals surface area contributed by atoms with Crippen LogP contribution in [-0.4, -0.2) is 30.7 Å². The number of sulfonamides is 1. The van der Waals surface area contributed by atoms with Crippen LogP contribution >= 0.6 is 11.3 Å². The Morgan fingerprint density at radius 3 is 2.47 bits per heavy atom. The number of carbonyl (C=O) groups excluding carboxylic acids is 1. The first-order chi connectivity index (χ1) is 16.4. The van der Waals surface area contributed by atoms with Gasteiger partial charge in [-0.05, 0) is 30.3 Å². The lowest BCUT2D eigenvalue weighted by Crippen LogP contribution is -2.11. The van der Waals surface area contributed by atoms with E-state index in [-0.39, 0.29) is 5.91 Å². The van der Waals surface area contributed by atoms with Crippen molar-refractivity contribution in [2.45, 2.75) is 0 Å². The first-order valence-electron chi connectivity index (χ1n) is 10.2. The second kappa shape index (κ2) is 8.73. The Hall–Kier alpha value is -4.02. The summed E-state index contributed by atoms with van der Waals surface area (Å²) in [6, 6.07) is 21.6. The van der Waals surface area contributed by atoms with Crippen LogP contribution in [0.3, 0.4) is 0 Å². The lowest BCUT2D eigenvalue weighted by atomic mass is 10.1. The number of thiazole rings is 1. The summed E-state index contributed by atoms with van der Waals surface area (Å²) in [6.45, 7) is 0. The molecule has 1 amide bonds. The van der Waals surface area contributed by atoms with Crippen LogP contribution in [0, 0.1) is 0 Å². The number of nitrogens with zero attached hydrogens (tertiary/aromatic N) is 2. The van der Waals surface area contributed by atoms with E-state index in [1.54, 1.807) is 42.5 Å². The minimum Gasteiger partial charge on any atom is -0.355 e. The van der Waals surface area contributed by atoms with Gasteiger partial charge in [-0.2, -0.15) is 0 Å². The van der Waals surface area contributed by atoms with Crippen molar-refractivity contribution in [3.05, 3.63) is 83.7 Å². The molecule has 2 N–H and O–H groups in total. The minimum absolute atomic E-state index is 0.296. The highest BCUT2D eigenvalue weighted by Gasteiger charge is 2.15. The van der Waals surface area contributed by atoms with E-state index in [0.29, 0.717) is 33.4 Å². The van der Waals surface area contributed by atoms with Gasteiger partial charge >= 0.3 is 0 Å². The molecule has 0 saturated carbocycles. The molecule has 2 aromatic heterocycles. The minimum atomic E-state index is -3.34. The fourth-order valence-corrected chi connectivity index (χ4v) is 4.72. The summed E-state index contributed by atoms with van der Waals surface area (Å²) in [4.78, 5) is 17.4. The SMILES string of the molecule is CS(=O)(=O)Nc1ccc(-c2csc(NC(=O)c3ccc4noc(-c5ccccc5)c4c3)n2)cc1. The van der Waals surface area contributed by atoms with Crippen molar-refractivity contribution in [2.24, 2.45) is 0 Å². The highest BCUT2D eigenvalue weighted by atomic mass is 32.2. The van der Waals surface area contributed by atoms with Crippen molar-refractivity contribution >= 4 is 49.0 Å². The van der Waals surface area contributed by atoms with Gasteiger partial charge < -0.3 is 4.52 Å². The molecule has 0 saturated heterocycles. The average Bonchev–Trinajstić information content (AvgIpc) is 3.46. The van der Waals surface area contributed by atoms with Crippen molar-refractivity contribution in [1.82, 2.24) is 10.1 Å². The lowest BCUT2D eigenvalue weighted by molar-refractivity contribution is 0.102. The monoisotopic (exact) mass is 490 g/mol. The third kappa shape index (κ3) is 4.68. The van der Waals surface area contributed by atoms with E-state index in [1.807, 2.05) is 35.7 Å². The standard InChI is InChI=1S/C24H18N4O4S2/c1-34(30,31)28-18-10-7-15(8-11-18)21-14-33-24(25-21)26-23(29)17-9-12-20-19(13-17)22(32-27-20)16-5-3-2-4-6-16/h2-14,28H,1H3,(H,25,26,29). The Kier molecular flexibility index (Phi) is 5.60. The third-order valence-corrected chi connectivity index (χ3v) is 6.35. The van der Waals surface area contributed by atoms with Gasteiger partial charge in [0.05, 0.1) is 17.3 Å². The summed E-state index contributed by atoms with van der Waals surface area (Å²) in [5.74, 6) is 0.311. The van der Waals surface area contributed by atoms with Crippen LogP contribution in [0.4, 0.5) is 10.8 Å². The van der Waals surface area contributed by atoms with Gasteiger partial charge in [0.2, 0.25) is 10.0 Å². The van der Waals surface area contributed by atoms with E-state index in [4.69, 9.17) is 4.52 Å². The average molecular weight is 491 g/mol. The summed E-state index contributed by atoms with van der Waals surface area (Å²) >= 11 is 1.30. The normalized spacial score (nSPS) is 11.4. The predicted molar refractivity (Wildman–Crippen MR) is 133 cm³/mol. The lowest BCUT2D eigenvalue weighted by Gasteiger charge is -2.04. The topological polar surface area (TPSA) is 114 Å². The second-order valence-corrected chi connectivity index (χ2v) is 10.2. The van der Waals surface area contributed by atoms with Crippen LogP contribution in [0.5, 0.6) is 0 Å². The van der Waals surface area contributed by atoms with Crippen LogP contribution in [0.15, 0.2) is 82.7 Å². The first kappa shape index (κ1) is 21.8. The molecule has 10 heteroatoms. The zero-order chi connectivity index (χ0) is 23.7. The number of amides is 1. The Balaban J connectivity index is 1.34. The van der Waals surface area contributed by atoms with Gasteiger partial charge in [-0.1, -0.05) is 47.6 Å². The van der Waals surface area contributed by atoms with Gasteiger partial charge in [0, 0.05) is 27.8 Å². The highest BCUT2D eigenvalue weighted by molar-refractivity contribution is 7.92. The van der Waals surface area contributed by atoms with Crippen molar-refractivity contribution in [3.8, 4) is 22.6 Å². The van der Waals surface area contributed by atoms with Crippen LogP contribution in [0.1, 0.15) is 10.4 Å². The summed E-state index contributed by atoms with van der Waals surface area (Å²) in [5.41, 5.74) is 3.95. The Morgan fingerprint density at radius 1 is 0.971 bits per heavy atom. The molecule has 34 heavy (non-hydrogen) atoms. The molecule has 5 aromatic rings. The summed E-state index contributed by atoms with van der Waals surface area (Å²) < 4.78 is 30.6. The molecular weight excluding hydrogens is 472 g/mol. The van der Waals surface area contributed by atoms with Gasteiger partial charge in [0.25, 0.3) is 5.91 Å². The molecule has 0 aliphatic rings. The van der Waals surface area contributed by atoms with Gasteiger partial charge in [-0.25, -0.2) is 13.4 Å². The van der Waals surface area contributed by atoms with E-state index < -0.39 is 10.0 Å². The van der Waals surface area contributed by atoms with Crippen LogP contribution in [0.2, 0.25) is 0 Å². The molecule has 0 atom stereocenters. The van der Waals surface area contributed by atoms with Crippen LogP contribution < -0.4 is 10.0 Å². The van der Waals surface area contributed by atoms with E-state index in [1.165, 1.54) is 11.3 Å². The molecule has 0 radical (unpaired) electrons. The zero-order valence-electron chi connectivity index (χ0n) is 17.8. The van der Waals surface area contributed by atoms with E-state index >= 15 is 0 Å². The molecule has 0 spiro atoms. The van der Waals surface area contributed by atoms with Gasteiger partial charge in [0.1, 0.15) is 5.52 Å². The molecule has 0 aliphatic heterocycles. The maximum Gasteiger partial charge on any atom is 0.257 e. The van der Waals surface area contributed by atoms with E-state index in [9.17, 15) is 13.2 Å². The number of hydrogen-bond donors (Lipinski definition) is 2. The van der Waals surface area contributed by atoms with Crippen molar-refractivity contribution in [1.29, 1.82) is 0 Å². The number of benzene rings is 3. The number of hydrogen-bond acceptors (Lipinski definition) is 7. The molecule has 3 aromatic carbocycles. The quantitative estimate of drug-likeness (QED) is 0.336. The smallest absolute Gasteiger partial charge is 0.257 e. The molecule has 0 fully saturated rings. The van der Waals surface area contributed by atoms with E-state index in [2.05, 4.69) is 20.2 Å². The number of rotatable bonds is 6. The molecule has 8 nitrogen and oxygen atoms in total. The Labute approximate surface area is 199 Å². The van der Waals surface area contributed by atoms with E-state index in [0.717, 1.165) is 22.8 Å². The molecule has 5 rings (SSSR count). The zero-order valence-corrected chi connectivity index (χ0v) is 19.5. The first-order valence-corrected chi connectivity index (χ1v) is 12.9. The van der Waals surface area contributed by atoms with Crippen molar-refractivity contribution in [3.63, 3.8) is 0 Å². The summed E-state index contributed by atoms with van der Waals surface area (Å²) in [5, 5.41) is 9.95. The number of nitrogens with one attached hydrogen (secondary N) is 2. The molecular formula is C24H18N4O4S2. The second-order valence-electron chi connectivity index (χ2n) is 7.55. The van der Waals surface area contributed by atoms with Crippen molar-refractivity contribution < 1.29 is 17.7 Å². The van der Waals surface area contributed by atoms with Gasteiger partial charge in [0.15, 0.2) is 10.9 Å². The summed E-state index contributed by atoms with van der Waals surface area (Å²) in [7, 11) is -3.34. The molecule has 2 heterocycles. The Morgan fingerprint density at radius 2 is 1.74 bits per heavy atom. The third-order valence-electron chi connectivity index (χ3n) is 4.98. The maximum absolute atomic E-state index is 12.9. The van der Waals surface area contributed by atoms with Gasteiger partial charge in [-0.3, -0.25) is 14.8 Å². The molecule has 0 aliphatic carbocycles. The maximum atomic E-state index is 12.9. The number of carbonyl (C=O) groups is 1. The number of aromatic nitrogens is 2. The fraction of sp³-hybridized carbons (Fsp3) is 0.0417. The molecule has 0 unspecified atom stereocenters. The number of anilines is 2. The fourth-order valence-electron chi connectivity index (χ4n) is 3.44. The predicted octanol–water partition coefficient (Wildman–Crippen LogP) is 5.24. The largest absolute Gasteiger partial charge is 0.355 e. The van der Waals surface area contributed by atoms with Gasteiger partial charge in [-0.15, -0.1) is 11.3 Å². The Bertz CT molecular complexity index is 1590. The molecule has 0 bridgehead atoms. The number of fused-ring (bicyclic) bond motifs is 1. The van der Waals surface area contributed by atoms with Crippen molar-refractivity contribution in [2.75, 3.05) is 16.3 Å².